The van der Waals surface area contributed by atoms with Crippen molar-refractivity contribution in [3.63, 3.8) is 0 Å². The van der Waals surface area contributed by atoms with Gasteiger partial charge in [0.15, 0.2) is 5.65 Å². The molecule has 5 heteroatoms. The highest BCUT2D eigenvalue weighted by atomic mass is 16.6. The third kappa shape index (κ3) is 2.70. The Morgan fingerprint density at radius 3 is 2.57 bits per heavy atom. The van der Waals surface area contributed by atoms with Gasteiger partial charge in [-0.2, -0.15) is 0 Å². The molecular weight excluding hydrogens is 292 g/mol. The molecule has 2 aromatic heterocycles. The summed E-state index contributed by atoms with van der Waals surface area (Å²) < 4.78 is 6.98. The van der Waals surface area contributed by atoms with Crippen LogP contribution in [0.25, 0.3) is 21.9 Å². The minimum Gasteiger partial charge on any atom is -0.443 e. The number of nitrogens with zero attached hydrogens (tertiary/aromatic N) is 2. The average Bonchev–Trinajstić information content (AvgIpc) is 2.77. The van der Waals surface area contributed by atoms with Gasteiger partial charge < -0.3 is 4.74 Å². The molecule has 118 valence electrons. The van der Waals surface area contributed by atoms with E-state index < -0.39 is 11.7 Å². The van der Waals surface area contributed by atoms with Crippen molar-refractivity contribution >= 4 is 34.3 Å². The maximum Gasteiger partial charge on any atom is 0.420 e. The van der Waals surface area contributed by atoms with E-state index in [1.54, 1.807) is 18.2 Å². The summed E-state index contributed by atoms with van der Waals surface area (Å²) in [4.78, 5) is 28.2. The Kier molecular flexibility index (Phi) is 3.43. The molecule has 0 aliphatic heterocycles. The van der Waals surface area contributed by atoms with Crippen molar-refractivity contribution in [2.75, 3.05) is 0 Å². The van der Waals surface area contributed by atoms with Gasteiger partial charge in [-0.25, -0.2) is 14.3 Å². The Bertz CT molecular complexity index is 933. The van der Waals surface area contributed by atoms with Crippen LogP contribution in [-0.4, -0.2) is 27.5 Å². The van der Waals surface area contributed by atoms with E-state index in [-0.39, 0.29) is 0 Å². The molecular formula is C18H18N2O3. The van der Waals surface area contributed by atoms with E-state index in [4.69, 9.17) is 4.74 Å². The second kappa shape index (κ2) is 5.19. The van der Waals surface area contributed by atoms with Gasteiger partial charge in [0.2, 0.25) is 0 Å². The minimum atomic E-state index is -0.605. The fourth-order valence-electron chi connectivity index (χ4n) is 2.57. The monoisotopic (exact) mass is 310 g/mol. The molecule has 1 aromatic carbocycles. The number of hydrogen-bond acceptors (Lipinski definition) is 4. The Labute approximate surface area is 133 Å². The normalized spacial score (nSPS) is 11.8. The van der Waals surface area contributed by atoms with Crippen LogP contribution in [0.2, 0.25) is 0 Å². The highest BCUT2D eigenvalue weighted by Crippen LogP contribution is 2.29. The summed E-state index contributed by atoms with van der Waals surface area (Å²) in [5.74, 6) is 0. The second-order valence-corrected chi connectivity index (χ2v) is 6.53. The molecule has 0 atom stereocenters. The quantitative estimate of drug-likeness (QED) is 0.635. The van der Waals surface area contributed by atoms with Crippen molar-refractivity contribution in [2.45, 2.75) is 33.3 Å². The molecule has 0 unspecified atom stereocenters. The summed E-state index contributed by atoms with van der Waals surface area (Å²) in [7, 11) is 0. The lowest BCUT2D eigenvalue weighted by atomic mass is 10.1. The van der Waals surface area contributed by atoms with Crippen molar-refractivity contribution in [3.8, 4) is 0 Å². The number of carbonyl (C=O) groups excluding carboxylic acids is 2. The molecule has 0 aliphatic carbocycles. The Hall–Kier alpha value is -2.69. The number of benzene rings is 1. The fraction of sp³-hybridized carbons (Fsp3) is 0.278. The molecule has 23 heavy (non-hydrogen) atoms. The minimum absolute atomic E-state index is 0.477. The third-order valence-electron chi connectivity index (χ3n) is 3.49. The number of hydrogen-bond donors (Lipinski definition) is 0. The number of aromatic nitrogens is 2. The van der Waals surface area contributed by atoms with Crippen LogP contribution >= 0.6 is 0 Å². The number of aryl methyl sites for hydroxylation is 1. The van der Waals surface area contributed by atoms with E-state index in [0.29, 0.717) is 16.7 Å². The average molecular weight is 310 g/mol. The van der Waals surface area contributed by atoms with Crippen LogP contribution in [0.3, 0.4) is 0 Å². The summed E-state index contributed by atoms with van der Waals surface area (Å²) in [5.41, 5.74) is 1.98. The molecule has 0 N–H and O–H groups in total. The Morgan fingerprint density at radius 1 is 1.17 bits per heavy atom. The van der Waals surface area contributed by atoms with E-state index >= 15 is 0 Å². The standard InChI is InChI=1S/C18H18N2O3/c1-11-5-7-13-14-9-12(10-21)6-8-15(14)20(16(13)19-11)17(22)23-18(2,3)4/h5-10H,1-4H3. The zero-order valence-corrected chi connectivity index (χ0v) is 13.6. The van der Waals surface area contributed by atoms with Gasteiger partial charge in [0.25, 0.3) is 0 Å². The first-order valence-corrected chi connectivity index (χ1v) is 7.40. The van der Waals surface area contributed by atoms with E-state index in [9.17, 15) is 9.59 Å². The fourth-order valence-corrected chi connectivity index (χ4v) is 2.57. The van der Waals surface area contributed by atoms with Crippen LogP contribution in [0.5, 0.6) is 0 Å². The molecule has 0 aliphatic rings. The molecule has 0 saturated carbocycles. The number of ether oxygens (including phenoxy) is 1. The molecule has 5 nitrogen and oxygen atoms in total. The van der Waals surface area contributed by atoms with Crippen molar-refractivity contribution in [2.24, 2.45) is 0 Å². The van der Waals surface area contributed by atoms with Gasteiger partial charge in [0.1, 0.15) is 11.9 Å². The number of aldehydes is 1. The lowest BCUT2D eigenvalue weighted by Gasteiger charge is -2.20. The molecule has 3 rings (SSSR count). The summed E-state index contributed by atoms with van der Waals surface area (Å²) in [5, 5.41) is 1.63. The van der Waals surface area contributed by atoms with Gasteiger partial charge in [-0.05, 0) is 58.0 Å². The number of pyridine rings is 1. The van der Waals surface area contributed by atoms with E-state index in [1.807, 2.05) is 39.8 Å². The van der Waals surface area contributed by atoms with Crippen molar-refractivity contribution in [3.05, 3.63) is 41.6 Å². The van der Waals surface area contributed by atoms with Crippen LogP contribution < -0.4 is 0 Å². The molecule has 0 amide bonds. The van der Waals surface area contributed by atoms with Gasteiger partial charge in [0, 0.05) is 22.0 Å². The molecule has 0 radical (unpaired) electrons. The summed E-state index contributed by atoms with van der Waals surface area (Å²) in [6, 6.07) is 8.99. The molecule has 0 fully saturated rings. The third-order valence-corrected chi connectivity index (χ3v) is 3.49. The van der Waals surface area contributed by atoms with Crippen LogP contribution in [0.4, 0.5) is 4.79 Å². The van der Waals surface area contributed by atoms with Crippen molar-refractivity contribution in [1.82, 2.24) is 9.55 Å². The first-order chi connectivity index (χ1) is 10.8. The predicted molar refractivity (Wildman–Crippen MR) is 89.0 cm³/mol. The number of carbonyl (C=O) groups is 2. The van der Waals surface area contributed by atoms with Crippen LogP contribution in [-0.2, 0) is 4.74 Å². The predicted octanol–water partition coefficient (Wildman–Crippen LogP) is 4.09. The van der Waals surface area contributed by atoms with E-state index in [1.165, 1.54) is 4.57 Å². The van der Waals surface area contributed by atoms with Crippen LogP contribution in [0.15, 0.2) is 30.3 Å². The second-order valence-electron chi connectivity index (χ2n) is 6.53. The smallest absolute Gasteiger partial charge is 0.420 e. The zero-order chi connectivity index (χ0) is 16.8. The lowest BCUT2D eigenvalue weighted by Crippen LogP contribution is -2.27. The van der Waals surface area contributed by atoms with Crippen LogP contribution in [0, 0.1) is 6.92 Å². The topological polar surface area (TPSA) is 61.2 Å². The number of fused-ring (bicyclic) bond motifs is 3. The Morgan fingerprint density at radius 2 is 1.91 bits per heavy atom. The largest absolute Gasteiger partial charge is 0.443 e. The highest BCUT2D eigenvalue weighted by molar-refractivity contribution is 6.12. The van der Waals surface area contributed by atoms with Gasteiger partial charge in [-0.1, -0.05) is 0 Å². The Balaban J connectivity index is 2.35. The first-order valence-electron chi connectivity index (χ1n) is 7.40. The number of rotatable bonds is 1. The van der Waals surface area contributed by atoms with Gasteiger partial charge in [0.05, 0.1) is 5.52 Å². The maximum atomic E-state index is 12.6. The molecule has 2 heterocycles. The first kappa shape index (κ1) is 15.2. The summed E-state index contributed by atoms with van der Waals surface area (Å²) >= 11 is 0. The molecule has 3 aromatic rings. The van der Waals surface area contributed by atoms with Gasteiger partial charge in [-0.3, -0.25) is 4.79 Å². The van der Waals surface area contributed by atoms with E-state index in [2.05, 4.69) is 4.98 Å². The van der Waals surface area contributed by atoms with Crippen LogP contribution in [0.1, 0.15) is 36.8 Å². The molecule has 0 spiro atoms. The molecule has 0 saturated heterocycles. The van der Waals surface area contributed by atoms with Gasteiger partial charge in [-0.15, -0.1) is 0 Å². The zero-order valence-electron chi connectivity index (χ0n) is 13.6. The van der Waals surface area contributed by atoms with Crippen molar-refractivity contribution in [1.29, 1.82) is 0 Å². The van der Waals surface area contributed by atoms with Gasteiger partial charge >= 0.3 is 6.09 Å². The lowest BCUT2D eigenvalue weighted by molar-refractivity contribution is 0.0550. The highest BCUT2D eigenvalue weighted by Gasteiger charge is 2.23. The van der Waals surface area contributed by atoms with Crippen molar-refractivity contribution < 1.29 is 14.3 Å². The molecule has 0 bridgehead atoms. The van der Waals surface area contributed by atoms with E-state index in [0.717, 1.165) is 22.8 Å². The maximum absolute atomic E-state index is 12.6. The summed E-state index contributed by atoms with van der Waals surface area (Å²) in [6.07, 6.45) is 0.312. The summed E-state index contributed by atoms with van der Waals surface area (Å²) in [6.45, 7) is 7.33. The SMILES string of the molecule is Cc1ccc2c3cc(C=O)ccc3n(C(=O)OC(C)(C)C)c2n1.